The van der Waals surface area contributed by atoms with Crippen molar-refractivity contribution < 1.29 is 9.21 Å². The van der Waals surface area contributed by atoms with E-state index in [0.717, 1.165) is 11.2 Å². The van der Waals surface area contributed by atoms with Crippen molar-refractivity contribution in [2.24, 2.45) is 0 Å². The number of nitrogens with zero attached hydrogens (tertiary/aromatic N) is 2. The van der Waals surface area contributed by atoms with Crippen molar-refractivity contribution in [1.82, 2.24) is 8.82 Å². The van der Waals surface area contributed by atoms with E-state index in [1.165, 1.54) is 6.26 Å². The first-order chi connectivity index (χ1) is 8.47. The van der Waals surface area contributed by atoms with Crippen molar-refractivity contribution in [1.29, 1.82) is 0 Å². The van der Waals surface area contributed by atoms with Gasteiger partial charge in [0.05, 0.1) is 0 Å². The van der Waals surface area contributed by atoms with Crippen LogP contribution in [0.4, 0.5) is 0 Å². The fraction of sp³-hybridized carbons (Fsp3) is 0.333. The van der Waals surface area contributed by atoms with Gasteiger partial charge in [-0.25, -0.2) is 0 Å². The quantitative estimate of drug-likeness (QED) is 0.580. The van der Waals surface area contributed by atoms with E-state index < -0.39 is 0 Å². The van der Waals surface area contributed by atoms with Gasteiger partial charge in [-0.05, 0) is 0 Å². The van der Waals surface area contributed by atoms with Crippen LogP contribution in [0.15, 0.2) is 35.5 Å². The second-order valence-electron chi connectivity index (χ2n) is 4.30. The summed E-state index contributed by atoms with van der Waals surface area (Å²) < 4.78 is 7.74. The molecule has 0 unspecified atom stereocenters. The summed E-state index contributed by atoms with van der Waals surface area (Å²) in [6, 6.07) is 3.41. The molecule has 1 aliphatic heterocycles. The fourth-order valence-electron chi connectivity index (χ4n) is 1.71. The standard InChI is InChI=1S/C12H14N2O2Se2/c1-4-7-13-11(17)14(18-12(13,2)3)10(15)9-6-5-8-16-9/h4-6,8H,1,7H2,2-3H3. The number of carbonyl (C=O) groups excluding carboxylic acids is 1. The monoisotopic (exact) mass is 378 g/mol. The Kier molecular flexibility index (Phi) is 3.83. The number of hydrogen-bond donors (Lipinski definition) is 0. The molecule has 2 heterocycles. The average molecular weight is 376 g/mol. The molecule has 2 rings (SSSR count). The molecule has 1 aromatic rings. The summed E-state index contributed by atoms with van der Waals surface area (Å²) in [5.74, 6) is 0.286. The van der Waals surface area contributed by atoms with Crippen molar-refractivity contribution >= 4 is 41.3 Å². The minimum atomic E-state index is -0.0895. The molecule has 1 amide bonds. The molecular weight excluding hydrogens is 362 g/mol. The molecule has 1 fully saturated rings. The van der Waals surface area contributed by atoms with Crippen LogP contribution in [0.25, 0.3) is 0 Å². The van der Waals surface area contributed by atoms with E-state index in [9.17, 15) is 4.79 Å². The fourth-order valence-corrected chi connectivity index (χ4v) is 5.43. The van der Waals surface area contributed by atoms with Crippen molar-refractivity contribution in [2.45, 2.75) is 18.3 Å². The third-order valence-electron chi connectivity index (χ3n) is 2.60. The van der Waals surface area contributed by atoms with Crippen LogP contribution in [0.5, 0.6) is 0 Å². The van der Waals surface area contributed by atoms with E-state index in [2.05, 4.69) is 40.9 Å². The first-order valence-corrected chi connectivity index (χ1v) is 7.95. The maximum absolute atomic E-state index is 12.3. The average Bonchev–Trinajstić information content (AvgIpc) is 2.90. The van der Waals surface area contributed by atoms with Crippen LogP contribution in [0.1, 0.15) is 24.4 Å². The van der Waals surface area contributed by atoms with Gasteiger partial charge in [-0.1, -0.05) is 0 Å². The Labute approximate surface area is 121 Å². The van der Waals surface area contributed by atoms with Gasteiger partial charge in [0.1, 0.15) is 0 Å². The van der Waals surface area contributed by atoms with Gasteiger partial charge in [-0.3, -0.25) is 0 Å². The zero-order chi connectivity index (χ0) is 13.3. The van der Waals surface area contributed by atoms with Crippen LogP contribution in [-0.4, -0.2) is 61.1 Å². The third kappa shape index (κ3) is 2.34. The number of furan rings is 1. The predicted molar refractivity (Wildman–Crippen MR) is 72.4 cm³/mol. The Morgan fingerprint density at radius 2 is 2.39 bits per heavy atom. The summed E-state index contributed by atoms with van der Waals surface area (Å²) in [6.07, 6.45) is 3.36. The van der Waals surface area contributed by atoms with Crippen LogP contribution < -0.4 is 0 Å². The van der Waals surface area contributed by atoms with Crippen LogP contribution in [0.3, 0.4) is 0 Å². The molecule has 0 atom stereocenters. The van der Waals surface area contributed by atoms with Gasteiger partial charge in [-0.2, -0.15) is 0 Å². The van der Waals surface area contributed by atoms with E-state index in [-0.39, 0.29) is 25.5 Å². The van der Waals surface area contributed by atoms with Crippen LogP contribution >= 0.6 is 0 Å². The molecule has 1 aromatic heterocycles. The van der Waals surface area contributed by atoms with Gasteiger partial charge in [0.25, 0.3) is 0 Å². The molecule has 1 saturated heterocycles. The Hall–Kier alpha value is -0.801. The van der Waals surface area contributed by atoms with E-state index >= 15 is 0 Å². The second-order valence-corrected chi connectivity index (χ2v) is 8.31. The number of hydrogen-bond acceptors (Lipinski definition) is 3. The molecule has 0 aromatic carbocycles. The number of amides is 1. The summed E-state index contributed by atoms with van der Waals surface area (Å²) in [4.78, 5) is 14.5. The van der Waals surface area contributed by atoms with E-state index in [4.69, 9.17) is 4.42 Å². The van der Waals surface area contributed by atoms with E-state index in [1.54, 1.807) is 16.0 Å². The van der Waals surface area contributed by atoms with E-state index in [1.807, 2.05) is 6.08 Å². The van der Waals surface area contributed by atoms with Crippen molar-refractivity contribution in [3.8, 4) is 0 Å². The van der Waals surface area contributed by atoms with Crippen LogP contribution in [-0.2, 0) is 0 Å². The third-order valence-corrected chi connectivity index (χ3v) is 6.52. The molecule has 0 aliphatic carbocycles. The number of carbonyl (C=O) groups is 1. The Morgan fingerprint density at radius 1 is 1.67 bits per heavy atom. The molecule has 4 nitrogen and oxygen atoms in total. The normalized spacial score (nSPS) is 18.2. The summed E-state index contributed by atoms with van der Waals surface area (Å²) >= 11 is 3.00. The second kappa shape index (κ2) is 5.06. The van der Waals surface area contributed by atoms with Crippen LogP contribution in [0.2, 0.25) is 0 Å². The van der Waals surface area contributed by atoms with Gasteiger partial charge in [-0.15, -0.1) is 0 Å². The topological polar surface area (TPSA) is 36.7 Å². The van der Waals surface area contributed by atoms with Gasteiger partial charge in [0, 0.05) is 0 Å². The molecule has 0 bridgehead atoms. The maximum atomic E-state index is 12.3. The van der Waals surface area contributed by atoms with Crippen molar-refractivity contribution in [3.05, 3.63) is 36.8 Å². The zero-order valence-corrected chi connectivity index (χ0v) is 13.7. The van der Waals surface area contributed by atoms with Gasteiger partial charge in [0.15, 0.2) is 0 Å². The molecule has 1 aliphatic rings. The molecule has 96 valence electrons. The number of rotatable bonds is 3. The Morgan fingerprint density at radius 3 is 2.94 bits per heavy atom. The first-order valence-electron chi connectivity index (χ1n) is 5.47. The summed E-state index contributed by atoms with van der Waals surface area (Å²) in [5, 5.41) is 0. The van der Waals surface area contributed by atoms with Gasteiger partial charge in [0.2, 0.25) is 0 Å². The molecule has 18 heavy (non-hydrogen) atoms. The van der Waals surface area contributed by atoms with Crippen molar-refractivity contribution in [2.75, 3.05) is 6.54 Å². The first kappa shape index (κ1) is 13.6. The minimum absolute atomic E-state index is 0.000463. The van der Waals surface area contributed by atoms with Gasteiger partial charge < -0.3 is 0 Å². The molecular formula is C12H14N2O2Se2. The Balaban J connectivity index is 2.24. The predicted octanol–water partition coefficient (Wildman–Crippen LogP) is 0.835. The summed E-state index contributed by atoms with van der Waals surface area (Å²) in [7, 11) is 0. The molecule has 0 radical (unpaired) electrons. The SMILES string of the molecule is C=CCN1C(=[Se])N(C(=O)c2ccco2)[Se]C1(C)C. The molecule has 0 saturated carbocycles. The Bertz CT molecular complexity index is 482. The van der Waals surface area contributed by atoms with Crippen molar-refractivity contribution in [3.63, 3.8) is 0 Å². The summed E-state index contributed by atoms with van der Waals surface area (Å²) in [6.45, 7) is 8.74. The molecule has 6 heteroatoms. The zero-order valence-electron chi connectivity index (χ0n) is 10.3. The van der Waals surface area contributed by atoms with Crippen LogP contribution in [0, 0.1) is 0 Å². The van der Waals surface area contributed by atoms with E-state index in [0.29, 0.717) is 5.76 Å². The van der Waals surface area contributed by atoms with Gasteiger partial charge >= 0.3 is 121 Å². The summed E-state index contributed by atoms with van der Waals surface area (Å²) in [5.41, 5.74) is 0. The molecule has 0 spiro atoms. The molecule has 0 N–H and O–H groups in total.